The standard InChI is InChI=1S/C16H27N5O2/c1-4-10-21-19-16(18-20-21)17-15(22)11-23-14-8-6-13(7-9-14)12(3)5-2/h6-9,12,16,18-20H,4-5,10-11H2,1-3H3,(H,17,22). The topological polar surface area (TPSA) is 77.7 Å². The van der Waals surface area contributed by atoms with E-state index in [9.17, 15) is 4.79 Å². The number of hydrogen-bond donors (Lipinski definition) is 4. The number of ether oxygens (including phenoxy) is 1. The molecule has 1 aromatic rings. The molecule has 2 rings (SSSR count). The summed E-state index contributed by atoms with van der Waals surface area (Å²) >= 11 is 0. The van der Waals surface area contributed by atoms with Gasteiger partial charge in [-0.25, -0.2) is 10.9 Å². The fourth-order valence-corrected chi connectivity index (χ4v) is 2.26. The number of amides is 1. The average molecular weight is 321 g/mol. The Labute approximate surface area is 137 Å². The van der Waals surface area contributed by atoms with Gasteiger partial charge in [-0.05, 0) is 36.5 Å². The van der Waals surface area contributed by atoms with Gasteiger partial charge < -0.3 is 10.1 Å². The third-order valence-electron chi connectivity index (χ3n) is 3.81. The second kappa shape index (κ2) is 8.83. The fourth-order valence-electron chi connectivity index (χ4n) is 2.26. The minimum absolute atomic E-state index is 0.0175. The molecule has 2 unspecified atom stereocenters. The van der Waals surface area contributed by atoms with Crippen molar-refractivity contribution in [1.82, 2.24) is 26.8 Å². The Kier molecular flexibility index (Phi) is 6.79. The highest BCUT2D eigenvalue weighted by molar-refractivity contribution is 5.77. The first-order chi connectivity index (χ1) is 11.1. The SMILES string of the molecule is CCCN1NNC(NC(=O)COc2ccc(C(C)CC)cc2)N1. The number of benzene rings is 1. The molecule has 0 radical (unpaired) electrons. The summed E-state index contributed by atoms with van der Waals surface area (Å²) in [5, 5.41) is 4.58. The van der Waals surface area contributed by atoms with Crippen molar-refractivity contribution in [2.24, 2.45) is 0 Å². The van der Waals surface area contributed by atoms with Crippen molar-refractivity contribution < 1.29 is 9.53 Å². The van der Waals surface area contributed by atoms with Gasteiger partial charge in [0, 0.05) is 6.54 Å². The van der Waals surface area contributed by atoms with Gasteiger partial charge in [0.1, 0.15) is 5.75 Å². The molecule has 7 heteroatoms. The highest BCUT2D eigenvalue weighted by Gasteiger charge is 2.21. The molecular formula is C16H27N5O2. The second-order valence-corrected chi connectivity index (χ2v) is 5.70. The lowest BCUT2D eigenvalue weighted by Crippen LogP contribution is -2.51. The van der Waals surface area contributed by atoms with E-state index in [2.05, 4.69) is 42.5 Å². The first kappa shape index (κ1) is 17.7. The molecule has 7 nitrogen and oxygen atoms in total. The largest absolute Gasteiger partial charge is 0.484 e. The summed E-state index contributed by atoms with van der Waals surface area (Å²) in [7, 11) is 0. The van der Waals surface area contributed by atoms with Crippen molar-refractivity contribution in [1.29, 1.82) is 0 Å². The van der Waals surface area contributed by atoms with Crippen LogP contribution in [0, 0.1) is 0 Å². The predicted octanol–water partition coefficient (Wildman–Crippen LogP) is 1.22. The molecule has 1 fully saturated rings. The van der Waals surface area contributed by atoms with E-state index in [0.29, 0.717) is 11.7 Å². The van der Waals surface area contributed by atoms with Gasteiger partial charge in [0.2, 0.25) is 0 Å². The molecular weight excluding hydrogens is 294 g/mol. The lowest BCUT2D eigenvalue weighted by Gasteiger charge is -2.15. The van der Waals surface area contributed by atoms with Gasteiger partial charge in [-0.2, -0.15) is 10.7 Å². The van der Waals surface area contributed by atoms with E-state index in [1.165, 1.54) is 5.56 Å². The zero-order chi connectivity index (χ0) is 16.7. The third kappa shape index (κ3) is 5.47. The monoisotopic (exact) mass is 321 g/mol. The molecule has 1 amide bonds. The van der Waals surface area contributed by atoms with Crippen LogP contribution in [-0.2, 0) is 4.79 Å². The summed E-state index contributed by atoms with van der Waals surface area (Å²) in [5.41, 5.74) is 10.2. The quantitative estimate of drug-likeness (QED) is 0.577. The molecule has 0 saturated carbocycles. The summed E-state index contributed by atoms with van der Waals surface area (Å²) < 4.78 is 5.52. The van der Waals surface area contributed by atoms with Crippen LogP contribution in [0.1, 0.15) is 45.1 Å². The summed E-state index contributed by atoms with van der Waals surface area (Å²) in [6.45, 7) is 7.26. The van der Waals surface area contributed by atoms with Crippen molar-refractivity contribution in [3.63, 3.8) is 0 Å². The van der Waals surface area contributed by atoms with E-state index in [-0.39, 0.29) is 18.8 Å². The molecule has 4 N–H and O–H groups in total. The van der Waals surface area contributed by atoms with Gasteiger partial charge in [0.15, 0.2) is 12.9 Å². The second-order valence-electron chi connectivity index (χ2n) is 5.70. The van der Waals surface area contributed by atoms with Crippen molar-refractivity contribution in [3.8, 4) is 5.75 Å². The van der Waals surface area contributed by atoms with Crippen LogP contribution in [0.2, 0.25) is 0 Å². The molecule has 1 aliphatic rings. The first-order valence-electron chi connectivity index (χ1n) is 8.19. The molecule has 0 spiro atoms. The van der Waals surface area contributed by atoms with Gasteiger partial charge in [-0.1, -0.05) is 32.9 Å². The number of carbonyl (C=O) groups is 1. The van der Waals surface area contributed by atoms with E-state index in [1.54, 1.807) is 5.12 Å². The van der Waals surface area contributed by atoms with Crippen LogP contribution in [0.5, 0.6) is 5.75 Å². The van der Waals surface area contributed by atoms with Crippen LogP contribution in [0.4, 0.5) is 0 Å². The molecule has 0 aliphatic carbocycles. The van der Waals surface area contributed by atoms with Gasteiger partial charge in [0.25, 0.3) is 5.91 Å². The molecule has 1 aromatic carbocycles. The van der Waals surface area contributed by atoms with E-state index in [1.807, 2.05) is 24.3 Å². The van der Waals surface area contributed by atoms with Crippen molar-refractivity contribution >= 4 is 5.91 Å². The molecule has 1 heterocycles. The van der Waals surface area contributed by atoms with Gasteiger partial charge in [-0.3, -0.25) is 4.79 Å². The van der Waals surface area contributed by atoms with Crippen molar-refractivity contribution in [2.75, 3.05) is 13.2 Å². The minimum atomic E-state index is -0.342. The van der Waals surface area contributed by atoms with Gasteiger partial charge in [0.05, 0.1) is 0 Å². The molecule has 128 valence electrons. The van der Waals surface area contributed by atoms with Gasteiger partial charge >= 0.3 is 0 Å². The minimum Gasteiger partial charge on any atom is -0.484 e. The molecule has 2 atom stereocenters. The average Bonchev–Trinajstić information content (AvgIpc) is 3.00. The van der Waals surface area contributed by atoms with Crippen molar-refractivity contribution in [2.45, 2.75) is 45.8 Å². The highest BCUT2D eigenvalue weighted by Crippen LogP contribution is 2.21. The number of rotatable bonds is 8. The number of hydrogen-bond acceptors (Lipinski definition) is 6. The molecule has 1 saturated heterocycles. The van der Waals surface area contributed by atoms with Crippen LogP contribution >= 0.6 is 0 Å². The van der Waals surface area contributed by atoms with Crippen LogP contribution in [0.25, 0.3) is 0 Å². The van der Waals surface area contributed by atoms with Crippen LogP contribution in [-0.4, -0.2) is 30.5 Å². The first-order valence-corrected chi connectivity index (χ1v) is 8.19. The van der Waals surface area contributed by atoms with Crippen LogP contribution < -0.4 is 26.4 Å². The number of carbonyl (C=O) groups excluding carboxylic acids is 1. The Hall–Kier alpha value is -1.67. The predicted molar refractivity (Wildman–Crippen MR) is 89.0 cm³/mol. The third-order valence-corrected chi connectivity index (χ3v) is 3.81. The maximum absolute atomic E-state index is 11.9. The Morgan fingerprint density at radius 2 is 2.09 bits per heavy atom. The Bertz CT molecular complexity index is 494. The Morgan fingerprint density at radius 3 is 2.74 bits per heavy atom. The number of nitrogens with one attached hydrogen (secondary N) is 4. The molecule has 0 aromatic heterocycles. The highest BCUT2D eigenvalue weighted by atomic mass is 16.5. The maximum atomic E-state index is 11.9. The fraction of sp³-hybridized carbons (Fsp3) is 0.562. The number of nitrogens with zero attached hydrogens (tertiary/aromatic N) is 1. The van der Waals surface area contributed by atoms with E-state index in [4.69, 9.17) is 4.74 Å². The van der Waals surface area contributed by atoms with Crippen LogP contribution in [0.15, 0.2) is 24.3 Å². The van der Waals surface area contributed by atoms with E-state index in [0.717, 1.165) is 19.4 Å². The Morgan fingerprint density at radius 1 is 1.35 bits per heavy atom. The lowest BCUT2D eigenvalue weighted by molar-refractivity contribution is -0.124. The Balaban J connectivity index is 1.72. The zero-order valence-corrected chi connectivity index (χ0v) is 14.1. The summed E-state index contributed by atoms with van der Waals surface area (Å²) in [6.07, 6.45) is 1.76. The summed E-state index contributed by atoms with van der Waals surface area (Å²) in [5.74, 6) is 1.04. The van der Waals surface area contributed by atoms with Crippen LogP contribution in [0.3, 0.4) is 0 Å². The molecule has 0 bridgehead atoms. The summed E-state index contributed by atoms with van der Waals surface area (Å²) in [4.78, 5) is 11.9. The lowest BCUT2D eigenvalue weighted by atomic mass is 9.99. The van der Waals surface area contributed by atoms with E-state index < -0.39 is 0 Å². The molecule has 23 heavy (non-hydrogen) atoms. The maximum Gasteiger partial charge on any atom is 0.260 e. The summed E-state index contributed by atoms with van der Waals surface area (Å²) in [6, 6.07) is 7.92. The van der Waals surface area contributed by atoms with Gasteiger partial charge in [-0.15, -0.1) is 0 Å². The van der Waals surface area contributed by atoms with E-state index >= 15 is 0 Å². The smallest absolute Gasteiger partial charge is 0.260 e. The normalized spacial score (nSPS) is 19.5. The number of hydrazine groups is 3. The zero-order valence-electron chi connectivity index (χ0n) is 14.1. The molecule has 1 aliphatic heterocycles. The van der Waals surface area contributed by atoms with Crippen molar-refractivity contribution in [3.05, 3.63) is 29.8 Å².